The summed E-state index contributed by atoms with van der Waals surface area (Å²) in [5, 5.41) is 19.7. The van der Waals surface area contributed by atoms with E-state index in [4.69, 9.17) is 16.3 Å². The minimum Gasteiger partial charge on any atom is -0.481 e. The summed E-state index contributed by atoms with van der Waals surface area (Å²) in [5.74, 6) is -3.05. The number of anilines is 1. The van der Waals surface area contributed by atoms with E-state index in [1.54, 1.807) is 52.8 Å². The molecular formula is C23H28ClNO6. The number of halogens is 1. The lowest BCUT2D eigenvalue weighted by atomic mass is 9.66. The number of carboxylic acids is 2. The lowest BCUT2D eigenvalue weighted by molar-refractivity contribution is -0.148. The fourth-order valence-electron chi connectivity index (χ4n) is 3.59. The molecule has 31 heavy (non-hydrogen) atoms. The third-order valence-corrected chi connectivity index (χ3v) is 5.67. The van der Waals surface area contributed by atoms with Crippen molar-refractivity contribution in [2.24, 2.45) is 11.3 Å². The van der Waals surface area contributed by atoms with Crippen LogP contribution in [0.15, 0.2) is 42.0 Å². The van der Waals surface area contributed by atoms with Gasteiger partial charge >= 0.3 is 18.0 Å². The number of benzene rings is 1. The van der Waals surface area contributed by atoms with Crippen molar-refractivity contribution in [3.63, 3.8) is 0 Å². The number of carbonyl (C=O) groups is 3. The predicted molar refractivity (Wildman–Crippen MR) is 119 cm³/mol. The zero-order chi connectivity index (χ0) is 23.6. The number of nitrogens with zero attached hydrogens (tertiary/aromatic N) is 1. The molecule has 0 aliphatic heterocycles. The molecule has 1 aromatic carbocycles. The summed E-state index contributed by atoms with van der Waals surface area (Å²) in [6, 6.07) is 4.93. The van der Waals surface area contributed by atoms with E-state index < -0.39 is 35.0 Å². The van der Waals surface area contributed by atoms with Gasteiger partial charge in [0.1, 0.15) is 5.60 Å². The Balaban J connectivity index is 2.37. The molecule has 1 aliphatic rings. The minimum absolute atomic E-state index is 0.00228. The molecule has 0 heterocycles. The highest BCUT2D eigenvalue weighted by Crippen LogP contribution is 2.42. The first-order chi connectivity index (χ1) is 14.3. The van der Waals surface area contributed by atoms with Crippen LogP contribution in [0.4, 0.5) is 10.5 Å². The molecule has 1 aliphatic carbocycles. The van der Waals surface area contributed by atoms with Crippen molar-refractivity contribution in [1.29, 1.82) is 0 Å². The van der Waals surface area contributed by atoms with Gasteiger partial charge in [-0.25, -0.2) is 9.59 Å². The first-order valence-electron chi connectivity index (χ1n) is 9.97. The number of allylic oxidation sites excluding steroid dienone is 2. The van der Waals surface area contributed by atoms with Crippen LogP contribution in [0.2, 0.25) is 5.02 Å². The van der Waals surface area contributed by atoms with Gasteiger partial charge in [-0.05, 0) is 51.8 Å². The molecule has 1 amide bonds. The van der Waals surface area contributed by atoms with Gasteiger partial charge in [0.05, 0.1) is 5.41 Å². The number of hydrogen-bond donors (Lipinski definition) is 2. The van der Waals surface area contributed by atoms with Crippen LogP contribution in [0, 0.1) is 11.3 Å². The van der Waals surface area contributed by atoms with E-state index >= 15 is 0 Å². The Morgan fingerprint density at radius 2 is 1.87 bits per heavy atom. The summed E-state index contributed by atoms with van der Waals surface area (Å²) in [6.07, 6.45) is 3.87. The molecule has 0 saturated heterocycles. The van der Waals surface area contributed by atoms with Gasteiger partial charge in [0.25, 0.3) is 0 Å². The van der Waals surface area contributed by atoms with Gasteiger partial charge in [0.15, 0.2) is 0 Å². The maximum absolute atomic E-state index is 12.5. The van der Waals surface area contributed by atoms with Crippen LogP contribution < -0.4 is 4.90 Å². The standard InChI is InChI=1S/C23H28ClNO6/c1-6-25(21(30)31-22(3,4)5)16-10-9-15(18(24)12-16)13-23(20(28)29)11-7-8-17(14(23)2)19(26)27/h7-12,14H,6,13H2,1-5H3,(H,26,27)(H,28,29). The Morgan fingerprint density at radius 1 is 1.23 bits per heavy atom. The Morgan fingerprint density at radius 3 is 2.35 bits per heavy atom. The van der Waals surface area contributed by atoms with Gasteiger partial charge in [-0.15, -0.1) is 0 Å². The fourth-order valence-corrected chi connectivity index (χ4v) is 3.83. The highest BCUT2D eigenvalue weighted by molar-refractivity contribution is 6.31. The Bertz CT molecular complexity index is 946. The topological polar surface area (TPSA) is 104 Å². The SMILES string of the molecule is CCN(C(=O)OC(C)(C)C)c1ccc(CC2(C(=O)O)C=CC=C(C(=O)O)C2C)c(Cl)c1. The van der Waals surface area contributed by atoms with Crippen LogP contribution in [0.5, 0.6) is 0 Å². The summed E-state index contributed by atoms with van der Waals surface area (Å²) < 4.78 is 5.43. The van der Waals surface area contributed by atoms with Gasteiger partial charge in [-0.3, -0.25) is 9.69 Å². The molecule has 2 atom stereocenters. The summed E-state index contributed by atoms with van der Waals surface area (Å²) in [7, 11) is 0. The predicted octanol–water partition coefficient (Wildman–Crippen LogP) is 4.93. The molecule has 0 spiro atoms. The molecule has 0 bridgehead atoms. The smallest absolute Gasteiger partial charge is 0.414 e. The second-order valence-corrected chi connectivity index (χ2v) is 8.94. The molecular weight excluding hydrogens is 422 g/mol. The maximum Gasteiger partial charge on any atom is 0.414 e. The Kier molecular flexibility index (Phi) is 7.21. The third-order valence-electron chi connectivity index (χ3n) is 5.32. The fraction of sp³-hybridized carbons (Fsp3) is 0.435. The summed E-state index contributed by atoms with van der Waals surface area (Å²) >= 11 is 6.47. The quantitative estimate of drug-likeness (QED) is 0.637. The first-order valence-corrected chi connectivity index (χ1v) is 10.3. The van der Waals surface area contributed by atoms with Crippen LogP contribution in [-0.4, -0.2) is 40.4 Å². The highest BCUT2D eigenvalue weighted by atomic mass is 35.5. The number of aliphatic carboxylic acids is 2. The molecule has 0 fully saturated rings. The van der Waals surface area contributed by atoms with Gasteiger partial charge in [0, 0.05) is 28.7 Å². The van der Waals surface area contributed by atoms with E-state index in [9.17, 15) is 24.6 Å². The molecule has 2 rings (SSSR count). The van der Waals surface area contributed by atoms with E-state index in [0.717, 1.165) is 0 Å². The number of hydrogen-bond acceptors (Lipinski definition) is 4. The van der Waals surface area contributed by atoms with Gasteiger partial charge in [-0.2, -0.15) is 0 Å². The molecule has 168 valence electrons. The average molecular weight is 450 g/mol. The van der Waals surface area contributed by atoms with Crippen molar-refractivity contribution in [2.75, 3.05) is 11.4 Å². The molecule has 0 radical (unpaired) electrons. The van der Waals surface area contributed by atoms with Crippen molar-refractivity contribution in [2.45, 2.75) is 46.6 Å². The van der Waals surface area contributed by atoms with Crippen molar-refractivity contribution in [3.8, 4) is 0 Å². The van der Waals surface area contributed by atoms with Crippen LogP contribution in [0.25, 0.3) is 0 Å². The maximum atomic E-state index is 12.5. The second-order valence-electron chi connectivity index (χ2n) is 8.53. The molecule has 7 nitrogen and oxygen atoms in total. The normalized spacial score (nSPS) is 20.7. The van der Waals surface area contributed by atoms with E-state index in [1.807, 2.05) is 0 Å². The van der Waals surface area contributed by atoms with E-state index in [0.29, 0.717) is 17.8 Å². The van der Waals surface area contributed by atoms with Crippen molar-refractivity contribution in [1.82, 2.24) is 0 Å². The van der Waals surface area contributed by atoms with Crippen molar-refractivity contribution in [3.05, 3.63) is 52.6 Å². The van der Waals surface area contributed by atoms with Crippen LogP contribution in [-0.2, 0) is 20.7 Å². The van der Waals surface area contributed by atoms with Gasteiger partial charge in [0.2, 0.25) is 0 Å². The van der Waals surface area contributed by atoms with E-state index in [1.165, 1.54) is 23.1 Å². The van der Waals surface area contributed by atoms with Gasteiger partial charge < -0.3 is 14.9 Å². The molecule has 2 N–H and O–H groups in total. The lowest BCUT2D eigenvalue weighted by Crippen LogP contribution is -2.41. The van der Waals surface area contributed by atoms with Crippen molar-refractivity contribution >= 4 is 35.3 Å². The van der Waals surface area contributed by atoms with E-state index in [2.05, 4.69) is 0 Å². The molecule has 0 saturated carbocycles. The first kappa shape index (κ1) is 24.5. The number of carboxylic acid groups (broad SMARTS) is 2. The molecule has 8 heteroatoms. The highest BCUT2D eigenvalue weighted by Gasteiger charge is 2.46. The van der Waals surface area contributed by atoms with Gasteiger partial charge in [-0.1, -0.05) is 42.8 Å². The second kappa shape index (κ2) is 9.14. The van der Waals surface area contributed by atoms with Crippen LogP contribution in [0.3, 0.4) is 0 Å². The largest absolute Gasteiger partial charge is 0.481 e. The van der Waals surface area contributed by atoms with E-state index in [-0.39, 0.29) is 17.0 Å². The van der Waals surface area contributed by atoms with Crippen molar-refractivity contribution < 1.29 is 29.3 Å². The number of carbonyl (C=O) groups excluding carboxylic acids is 1. The monoisotopic (exact) mass is 449 g/mol. The number of ether oxygens (including phenoxy) is 1. The molecule has 1 aromatic rings. The Labute approximate surface area is 187 Å². The minimum atomic E-state index is -1.46. The summed E-state index contributed by atoms with van der Waals surface area (Å²) in [4.78, 5) is 37.7. The molecule has 0 aromatic heterocycles. The zero-order valence-electron chi connectivity index (χ0n) is 18.3. The number of amides is 1. The number of rotatable bonds is 6. The lowest BCUT2D eigenvalue weighted by Gasteiger charge is -2.35. The average Bonchev–Trinajstić information content (AvgIpc) is 2.64. The van der Waals surface area contributed by atoms with Crippen LogP contribution in [0.1, 0.15) is 40.2 Å². The zero-order valence-corrected chi connectivity index (χ0v) is 19.1. The summed E-state index contributed by atoms with van der Waals surface area (Å²) in [5.41, 5.74) is -1.02. The Hall–Kier alpha value is -2.80. The molecule has 2 unspecified atom stereocenters. The van der Waals surface area contributed by atoms with Crippen LogP contribution >= 0.6 is 11.6 Å². The third kappa shape index (κ3) is 5.28. The summed E-state index contributed by atoms with van der Waals surface area (Å²) in [6.45, 7) is 9.08.